The van der Waals surface area contributed by atoms with Crippen molar-refractivity contribution >= 4 is 0 Å². The van der Waals surface area contributed by atoms with Gasteiger partial charge in [0.2, 0.25) is 0 Å². The van der Waals surface area contributed by atoms with Gasteiger partial charge in [0.15, 0.2) is 0 Å². The molecule has 1 rings (SSSR count). The average Bonchev–Trinajstić information content (AvgIpc) is 2.34. The highest BCUT2D eigenvalue weighted by molar-refractivity contribution is 5.41. The molecule has 0 saturated carbocycles. The third kappa shape index (κ3) is 4.35. The smallest absolute Gasteiger partial charge is 0.00514 e. The largest absolute Gasteiger partial charge is 0.330 e. The molecule has 2 N–H and O–H groups in total. The third-order valence-corrected chi connectivity index (χ3v) is 3.89. The Balaban J connectivity index is 3.11. The first-order valence-electron chi connectivity index (χ1n) is 7.59. The van der Waals surface area contributed by atoms with Gasteiger partial charge in [-0.05, 0) is 53.3 Å². The maximum Gasteiger partial charge on any atom is -0.00514 e. The van der Waals surface area contributed by atoms with E-state index in [9.17, 15) is 0 Å². The van der Waals surface area contributed by atoms with E-state index in [1.165, 1.54) is 17.5 Å². The van der Waals surface area contributed by atoms with Gasteiger partial charge in [0.25, 0.3) is 0 Å². The second kappa shape index (κ2) is 6.56. The van der Waals surface area contributed by atoms with Gasteiger partial charge in [0.1, 0.15) is 0 Å². The SMILES string of the molecule is CC(CN)CCc1cccc(C(C)(C)C)c1C(C)C. The summed E-state index contributed by atoms with van der Waals surface area (Å²) in [4.78, 5) is 0. The maximum absolute atomic E-state index is 5.73. The third-order valence-electron chi connectivity index (χ3n) is 3.89. The van der Waals surface area contributed by atoms with Gasteiger partial charge >= 0.3 is 0 Å². The second-order valence-corrected chi connectivity index (χ2v) is 7.16. The molecule has 0 aliphatic heterocycles. The molecule has 0 aliphatic carbocycles. The Kier molecular flexibility index (Phi) is 5.61. The zero-order valence-electron chi connectivity index (χ0n) is 13.6. The molecule has 0 bridgehead atoms. The molecule has 0 heterocycles. The fourth-order valence-corrected chi connectivity index (χ4v) is 2.69. The van der Waals surface area contributed by atoms with Crippen LogP contribution in [-0.2, 0) is 11.8 Å². The van der Waals surface area contributed by atoms with Gasteiger partial charge in [-0.1, -0.05) is 59.7 Å². The standard InChI is InChI=1S/C18H31N/c1-13(2)17-15(11-10-14(3)12-19)8-7-9-16(17)18(4,5)6/h7-9,13-14H,10-12,19H2,1-6H3. The lowest BCUT2D eigenvalue weighted by Gasteiger charge is -2.27. The molecule has 19 heavy (non-hydrogen) atoms. The highest BCUT2D eigenvalue weighted by atomic mass is 14.5. The van der Waals surface area contributed by atoms with Crippen LogP contribution in [-0.4, -0.2) is 6.54 Å². The van der Waals surface area contributed by atoms with E-state index in [-0.39, 0.29) is 5.41 Å². The number of nitrogens with two attached hydrogens (primary N) is 1. The van der Waals surface area contributed by atoms with Gasteiger partial charge < -0.3 is 5.73 Å². The molecule has 1 atom stereocenters. The van der Waals surface area contributed by atoms with Gasteiger partial charge in [-0.2, -0.15) is 0 Å². The van der Waals surface area contributed by atoms with E-state index >= 15 is 0 Å². The number of hydrogen-bond acceptors (Lipinski definition) is 1. The first-order valence-corrected chi connectivity index (χ1v) is 7.59. The van der Waals surface area contributed by atoms with Crippen molar-refractivity contribution in [2.75, 3.05) is 6.54 Å². The highest BCUT2D eigenvalue weighted by Crippen LogP contribution is 2.33. The van der Waals surface area contributed by atoms with Crippen molar-refractivity contribution in [3.63, 3.8) is 0 Å². The van der Waals surface area contributed by atoms with E-state index in [0.717, 1.165) is 13.0 Å². The second-order valence-electron chi connectivity index (χ2n) is 7.16. The quantitative estimate of drug-likeness (QED) is 0.821. The van der Waals surface area contributed by atoms with Crippen LogP contribution in [0.25, 0.3) is 0 Å². The highest BCUT2D eigenvalue weighted by Gasteiger charge is 2.21. The van der Waals surface area contributed by atoms with Crippen LogP contribution >= 0.6 is 0 Å². The summed E-state index contributed by atoms with van der Waals surface area (Å²) in [6.45, 7) is 14.6. The van der Waals surface area contributed by atoms with Crippen LogP contribution in [0.2, 0.25) is 0 Å². The van der Waals surface area contributed by atoms with E-state index in [4.69, 9.17) is 5.73 Å². The normalized spacial score (nSPS) is 13.9. The van der Waals surface area contributed by atoms with E-state index < -0.39 is 0 Å². The van der Waals surface area contributed by atoms with E-state index in [1.54, 1.807) is 5.56 Å². The number of benzene rings is 1. The molecule has 0 spiro atoms. The van der Waals surface area contributed by atoms with Crippen molar-refractivity contribution in [3.05, 3.63) is 34.9 Å². The van der Waals surface area contributed by atoms with Crippen LogP contribution in [0.4, 0.5) is 0 Å². The first kappa shape index (κ1) is 16.2. The zero-order valence-corrected chi connectivity index (χ0v) is 13.6. The Morgan fingerprint density at radius 1 is 1.11 bits per heavy atom. The van der Waals surface area contributed by atoms with Crippen LogP contribution in [0.5, 0.6) is 0 Å². The lowest BCUT2D eigenvalue weighted by Crippen LogP contribution is -2.17. The summed E-state index contributed by atoms with van der Waals surface area (Å²) >= 11 is 0. The van der Waals surface area contributed by atoms with Crippen molar-refractivity contribution in [2.24, 2.45) is 11.7 Å². The summed E-state index contributed by atoms with van der Waals surface area (Å²) in [6.07, 6.45) is 2.33. The fourth-order valence-electron chi connectivity index (χ4n) is 2.69. The molecule has 0 saturated heterocycles. The number of aryl methyl sites for hydroxylation is 1. The first-order chi connectivity index (χ1) is 8.77. The molecular weight excluding hydrogens is 230 g/mol. The molecular formula is C18H31N. The molecule has 1 heteroatoms. The predicted molar refractivity (Wildman–Crippen MR) is 85.8 cm³/mol. The van der Waals surface area contributed by atoms with E-state index in [0.29, 0.717) is 11.8 Å². The molecule has 0 fully saturated rings. The van der Waals surface area contributed by atoms with Gasteiger partial charge in [0, 0.05) is 0 Å². The summed E-state index contributed by atoms with van der Waals surface area (Å²) in [7, 11) is 0. The molecule has 1 aromatic rings. The van der Waals surface area contributed by atoms with Crippen molar-refractivity contribution in [1.82, 2.24) is 0 Å². The lowest BCUT2D eigenvalue weighted by atomic mass is 9.78. The summed E-state index contributed by atoms with van der Waals surface area (Å²) in [5.41, 5.74) is 10.5. The van der Waals surface area contributed by atoms with Crippen LogP contribution in [0, 0.1) is 5.92 Å². The minimum Gasteiger partial charge on any atom is -0.330 e. The summed E-state index contributed by atoms with van der Waals surface area (Å²) in [6, 6.07) is 6.81. The lowest BCUT2D eigenvalue weighted by molar-refractivity contribution is 0.538. The molecule has 0 aromatic heterocycles. The minimum atomic E-state index is 0.217. The van der Waals surface area contributed by atoms with Crippen molar-refractivity contribution in [2.45, 2.75) is 65.7 Å². The molecule has 1 nitrogen and oxygen atoms in total. The maximum atomic E-state index is 5.73. The Hall–Kier alpha value is -0.820. The summed E-state index contributed by atoms with van der Waals surface area (Å²) in [5, 5.41) is 0. The van der Waals surface area contributed by atoms with Crippen LogP contribution in [0.15, 0.2) is 18.2 Å². The van der Waals surface area contributed by atoms with Gasteiger partial charge in [-0.15, -0.1) is 0 Å². The van der Waals surface area contributed by atoms with Crippen LogP contribution < -0.4 is 5.73 Å². The Morgan fingerprint density at radius 3 is 2.21 bits per heavy atom. The topological polar surface area (TPSA) is 26.0 Å². The molecule has 1 unspecified atom stereocenters. The number of rotatable bonds is 5. The van der Waals surface area contributed by atoms with Gasteiger partial charge in [0.05, 0.1) is 0 Å². The zero-order chi connectivity index (χ0) is 14.6. The number of hydrogen-bond donors (Lipinski definition) is 1. The molecule has 108 valence electrons. The molecule has 1 aromatic carbocycles. The van der Waals surface area contributed by atoms with E-state index in [2.05, 4.69) is 59.7 Å². The van der Waals surface area contributed by atoms with Gasteiger partial charge in [-0.25, -0.2) is 0 Å². The Morgan fingerprint density at radius 2 is 1.74 bits per heavy atom. The van der Waals surface area contributed by atoms with Crippen molar-refractivity contribution < 1.29 is 0 Å². The van der Waals surface area contributed by atoms with E-state index in [1.807, 2.05) is 0 Å². The summed E-state index contributed by atoms with van der Waals surface area (Å²) < 4.78 is 0. The van der Waals surface area contributed by atoms with Crippen molar-refractivity contribution in [1.29, 1.82) is 0 Å². The fraction of sp³-hybridized carbons (Fsp3) is 0.667. The summed E-state index contributed by atoms with van der Waals surface area (Å²) in [5.74, 6) is 1.19. The van der Waals surface area contributed by atoms with Gasteiger partial charge in [-0.3, -0.25) is 0 Å². The Labute approximate surface area is 119 Å². The van der Waals surface area contributed by atoms with Crippen LogP contribution in [0.3, 0.4) is 0 Å². The van der Waals surface area contributed by atoms with Crippen LogP contribution in [0.1, 0.15) is 70.6 Å². The Bertz CT molecular complexity index is 399. The molecule has 0 aliphatic rings. The van der Waals surface area contributed by atoms with Crippen molar-refractivity contribution in [3.8, 4) is 0 Å². The molecule has 0 amide bonds. The minimum absolute atomic E-state index is 0.217. The monoisotopic (exact) mass is 261 g/mol. The molecule has 0 radical (unpaired) electrons. The predicted octanol–water partition coefficient (Wildman–Crippen LogP) is 4.63. The average molecular weight is 261 g/mol.